The molecule has 5 atom stereocenters. The molecule has 2 N–H and O–H groups in total. The summed E-state index contributed by atoms with van der Waals surface area (Å²) in [6, 6.07) is 19.6. The van der Waals surface area contributed by atoms with Crippen molar-refractivity contribution in [1.29, 1.82) is 0 Å². The number of aliphatic hydroxyl groups is 2. The Morgan fingerprint density at radius 2 is 1.50 bits per heavy atom. The van der Waals surface area contributed by atoms with Gasteiger partial charge >= 0.3 is 0 Å². The summed E-state index contributed by atoms with van der Waals surface area (Å²) in [5, 5.41) is 21.1. The van der Waals surface area contributed by atoms with E-state index in [4.69, 9.17) is 14.2 Å². The average Bonchev–Trinajstić information content (AvgIpc) is 2.73. The lowest BCUT2D eigenvalue weighted by molar-refractivity contribution is -0.228. The minimum atomic E-state index is -1.04. The molecule has 2 aromatic rings. The molecule has 2 aromatic carbocycles. The third kappa shape index (κ3) is 5.80. The van der Waals surface area contributed by atoms with Gasteiger partial charge in [-0.15, -0.1) is 11.8 Å². The predicted molar refractivity (Wildman–Crippen MR) is 110 cm³/mol. The molecule has 0 aliphatic carbocycles. The SMILES string of the molecule is CCS[C@@H]1O[C@H](COCc2ccccc2)[C@@H](OCc2ccccc2)[C@H](O)[C@H]1O. The molecule has 1 aliphatic rings. The van der Waals surface area contributed by atoms with Crippen molar-refractivity contribution in [2.75, 3.05) is 12.4 Å². The van der Waals surface area contributed by atoms with Crippen LogP contribution in [-0.4, -0.2) is 52.4 Å². The first-order valence-electron chi connectivity index (χ1n) is 9.59. The van der Waals surface area contributed by atoms with E-state index >= 15 is 0 Å². The Morgan fingerprint density at radius 1 is 0.893 bits per heavy atom. The molecule has 0 aromatic heterocycles. The molecule has 5 nitrogen and oxygen atoms in total. The van der Waals surface area contributed by atoms with Crippen LogP contribution >= 0.6 is 11.8 Å². The van der Waals surface area contributed by atoms with Gasteiger partial charge in [-0.25, -0.2) is 0 Å². The summed E-state index contributed by atoms with van der Waals surface area (Å²) in [5.41, 5.74) is 1.57. The Bertz CT molecular complexity index is 684. The van der Waals surface area contributed by atoms with E-state index in [1.165, 1.54) is 11.8 Å². The minimum Gasteiger partial charge on any atom is -0.387 e. The zero-order valence-electron chi connectivity index (χ0n) is 16.0. The van der Waals surface area contributed by atoms with Crippen LogP contribution in [0.2, 0.25) is 0 Å². The quantitative estimate of drug-likeness (QED) is 0.670. The van der Waals surface area contributed by atoms with E-state index in [-0.39, 0.29) is 6.61 Å². The van der Waals surface area contributed by atoms with E-state index < -0.39 is 29.9 Å². The van der Waals surface area contributed by atoms with Gasteiger partial charge < -0.3 is 24.4 Å². The van der Waals surface area contributed by atoms with Gasteiger partial charge in [-0.2, -0.15) is 0 Å². The van der Waals surface area contributed by atoms with E-state index in [0.29, 0.717) is 13.2 Å². The van der Waals surface area contributed by atoms with Gasteiger partial charge in [-0.3, -0.25) is 0 Å². The number of rotatable bonds is 9. The van der Waals surface area contributed by atoms with Crippen molar-refractivity contribution >= 4 is 11.8 Å². The van der Waals surface area contributed by atoms with Crippen molar-refractivity contribution in [2.24, 2.45) is 0 Å². The van der Waals surface area contributed by atoms with E-state index in [0.717, 1.165) is 16.9 Å². The molecule has 0 unspecified atom stereocenters. The van der Waals surface area contributed by atoms with Gasteiger partial charge in [0.2, 0.25) is 0 Å². The van der Waals surface area contributed by atoms with Gasteiger partial charge in [0.05, 0.1) is 19.8 Å². The fourth-order valence-electron chi connectivity index (χ4n) is 3.18. The van der Waals surface area contributed by atoms with Gasteiger partial charge in [-0.1, -0.05) is 67.6 Å². The van der Waals surface area contributed by atoms with Gasteiger partial charge in [0.1, 0.15) is 29.9 Å². The second-order valence-corrected chi connectivity index (χ2v) is 8.12. The largest absolute Gasteiger partial charge is 0.387 e. The van der Waals surface area contributed by atoms with Crippen LogP contribution in [0.3, 0.4) is 0 Å². The van der Waals surface area contributed by atoms with Crippen LogP contribution in [-0.2, 0) is 27.4 Å². The molecule has 0 bridgehead atoms. The number of hydrogen-bond donors (Lipinski definition) is 2. The molecule has 1 saturated heterocycles. The van der Waals surface area contributed by atoms with Crippen LogP contribution in [0.1, 0.15) is 18.1 Å². The number of hydrogen-bond acceptors (Lipinski definition) is 6. The fourth-order valence-corrected chi connectivity index (χ4v) is 4.09. The van der Waals surface area contributed by atoms with Gasteiger partial charge in [0, 0.05) is 0 Å². The summed E-state index contributed by atoms with van der Waals surface area (Å²) in [4.78, 5) is 0. The summed E-state index contributed by atoms with van der Waals surface area (Å²) in [6.45, 7) is 3.06. The molecule has 3 rings (SSSR count). The van der Waals surface area contributed by atoms with Gasteiger partial charge in [0.15, 0.2) is 0 Å². The first-order chi connectivity index (χ1) is 13.7. The van der Waals surface area contributed by atoms with Crippen molar-refractivity contribution in [2.45, 2.75) is 50.0 Å². The second kappa shape index (κ2) is 11.0. The number of benzene rings is 2. The smallest absolute Gasteiger partial charge is 0.132 e. The lowest BCUT2D eigenvalue weighted by atomic mass is 10.00. The normalized spacial score (nSPS) is 27.6. The zero-order chi connectivity index (χ0) is 19.8. The number of aliphatic hydroxyl groups excluding tert-OH is 2. The third-order valence-corrected chi connectivity index (χ3v) is 5.70. The van der Waals surface area contributed by atoms with Crippen molar-refractivity contribution in [3.05, 3.63) is 71.8 Å². The summed E-state index contributed by atoms with van der Waals surface area (Å²) in [6.07, 6.45) is -3.17. The molecule has 6 heteroatoms. The van der Waals surface area contributed by atoms with E-state index in [2.05, 4.69) is 0 Å². The minimum absolute atomic E-state index is 0.277. The maximum atomic E-state index is 10.7. The zero-order valence-corrected chi connectivity index (χ0v) is 16.8. The maximum absolute atomic E-state index is 10.7. The van der Waals surface area contributed by atoms with Crippen molar-refractivity contribution in [3.63, 3.8) is 0 Å². The summed E-state index contributed by atoms with van der Waals surface area (Å²) < 4.78 is 17.9. The molecule has 1 aliphatic heterocycles. The Balaban J connectivity index is 1.63. The highest BCUT2D eigenvalue weighted by Gasteiger charge is 2.45. The fraction of sp³-hybridized carbons (Fsp3) is 0.455. The molecule has 1 fully saturated rings. The highest BCUT2D eigenvalue weighted by molar-refractivity contribution is 7.99. The first kappa shape index (κ1) is 21.3. The lowest BCUT2D eigenvalue weighted by Crippen LogP contribution is -2.58. The van der Waals surface area contributed by atoms with E-state index in [1.54, 1.807) is 0 Å². The average molecular weight is 405 g/mol. The Morgan fingerprint density at radius 3 is 2.11 bits per heavy atom. The second-order valence-electron chi connectivity index (χ2n) is 6.74. The molecule has 0 saturated carbocycles. The van der Waals surface area contributed by atoms with Crippen molar-refractivity contribution in [1.82, 2.24) is 0 Å². The monoisotopic (exact) mass is 404 g/mol. The number of ether oxygens (including phenoxy) is 3. The van der Waals surface area contributed by atoms with Gasteiger partial charge in [-0.05, 0) is 16.9 Å². The van der Waals surface area contributed by atoms with Crippen LogP contribution in [0.25, 0.3) is 0 Å². The lowest BCUT2D eigenvalue weighted by Gasteiger charge is -2.42. The van der Waals surface area contributed by atoms with Crippen LogP contribution in [0.4, 0.5) is 0 Å². The highest BCUT2D eigenvalue weighted by Crippen LogP contribution is 2.30. The van der Waals surface area contributed by atoms with Crippen LogP contribution < -0.4 is 0 Å². The highest BCUT2D eigenvalue weighted by atomic mass is 32.2. The van der Waals surface area contributed by atoms with Crippen molar-refractivity contribution in [3.8, 4) is 0 Å². The number of thioether (sulfide) groups is 1. The molecule has 0 spiro atoms. The standard InChI is InChI=1S/C22H28O5S/c1-2-28-22-20(24)19(23)21(26-14-17-11-7-4-8-12-17)18(27-22)15-25-13-16-9-5-3-6-10-16/h3-12,18-24H,2,13-15H2,1H3/t18-,19-,20-,21-,22+/m1/s1. The molecule has 0 amide bonds. The Kier molecular flexibility index (Phi) is 8.33. The van der Waals surface area contributed by atoms with Gasteiger partial charge in [0.25, 0.3) is 0 Å². The Hall–Kier alpha value is -1.41. The predicted octanol–water partition coefficient (Wildman–Crippen LogP) is 2.99. The van der Waals surface area contributed by atoms with E-state index in [9.17, 15) is 10.2 Å². The van der Waals surface area contributed by atoms with E-state index in [1.807, 2.05) is 67.6 Å². The third-order valence-electron chi connectivity index (χ3n) is 4.65. The topological polar surface area (TPSA) is 68.2 Å². The van der Waals surface area contributed by atoms with Crippen LogP contribution in [0, 0.1) is 0 Å². The first-order valence-corrected chi connectivity index (χ1v) is 10.6. The van der Waals surface area contributed by atoms with Crippen LogP contribution in [0.5, 0.6) is 0 Å². The van der Waals surface area contributed by atoms with Crippen LogP contribution in [0.15, 0.2) is 60.7 Å². The molecule has 1 heterocycles. The van der Waals surface area contributed by atoms with Crippen molar-refractivity contribution < 1.29 is 24.4 Å². The maximum Gasteiger partial charge on any atom is 0.132 e. The summed E-state index contributed by atoms with van der Waals surface area (Å²) in [7, 11) is 0. The summed E-state index contributed by atoms with van der Waals surface area (Å²) >= 11 is 1.47. The molecular weight excluding hydrogens is 376 g/mol. The molecular formula is C22H28O5S. The molecule has 152 valence electrons. The Labute approximate surface area is 170 Å². The summed E-state index contributed by atoms with van der Waals surface area (Å²) in [5.74, 6) is 0.779. The molecule has 28 heavy (non-hydrogen) atoms. The molecule has 0 radical (unpaired) electrons.